The van der Waals surface area contributed by atoms with Crippen LogP contribution in [0, 0.1) is 5.92 Å². The third-order valence-corrected chi connectivity index (χ3v) is 3.96. The number of nitrogens with one attached hydrogen (secondary N) is 2. The molecular weight excluding hydrogens is 280 g/mol. The second-order valence-corrected chi connectivity index (χ2v) is 6.85. The van der Waals surface area contributed by atoms with Crippen molar-refractivity contribution in [1.82, 2.24) is 10.6 Å². The maximum atomic E-state index is 11.8. The van der Waals surface area contributed by atoms with E-state index in [1.54, 1.807) is 0 Å². The van der Waals surface area contributed by atoms with Crippen LogP contribution in [0.1, 0.15) is 26.3 Å². The van der Waals surface area contributed by atoms with Crippen LogP contribution in [0.2, 0.25) is 0 Å². The molecule has 1 aliphatic heterocycles. The highest BCUT2D eigenvalue weighted by atomic mass is 16.5. The van der Waals surface area contributed by atoms with Crippen LogP contribution < -0.4 is 15.4 Å². The minimum absolute atomic E-state index is 0.00882. The van der Waals surface area contributed by atoms with Gasteiger partial charge in [-0.05, 0) is 23.1 Å². The van der Waals surface area contributed by atoms with Gasteiger partial charge in [-0.1, -0.05) is 32.9 Å². The average Bonchev–Trinajstić information content (AvgIpc) is 2.88. The molecule has 0 bridgehead atoms. The van der Waals surface area contributed by atoms with E-state index in [4.69, 9.17) is 4.74 Å². The highest BCUT2D eigenvalue weighted by molar-refractivity contribution is 5.77. The molecule has 2 atom stereocenters. The molecule has 2 unspecified atom stereocenters. The molecule has 0 saturated carbocycles. The van der Waals surface area contributed by atoms with E-state index < -0.39 is 0 Å². The lowest BCUT2D eigenvalue weighted by Crippen LogP contribution is -2.36. The van der Waals surface area contributed by atoms with Crippen LogP contribution in [-0.2, 0) is 10.2 Å². The van der Waals surface area contributed by atoms with Gasteiger partial charge < -0.3 is 20.5 Å². The summed E-state index contributed by atoms with van der Waals surface area (Å²) in [5.74, 6) is 0.597. The van der Waals surface area contributed by atoms with E-state index in [-0.39, 0.29) is 30.0 Å². The molecule has 2 rings (SSSR count). The summed E-state index contributed by atoms with van der Waals surface area (Å²) in [7, 11) is 0. The fraction of sp³-hybridized carbons (Fsp3) is 0.588. The molecule has 1 amide bonds. The molecule has 1 fully saturated rings. The van der Waals surface area contributed by atoms with E-state index in [1.165, 1.54) is 5.56 Å². The largest absolute Gasteiger partial charge is 0.484 e. The Labute approximate surface area is 132 Å². The smallest absolute Gasteiger partial charge is 0.257 e. The van der Waals surface area contributed by atoms with E-state index in [0.29, 0.717) is 18.8 Å². The quantitative estimate of drug-likeness (QED) is 0.761. The molecule has 0 aromatic heterocycles. The molecule has 3 N–H and O–H groups in total. The van der Waals surface area contributed by atoms with Crippen LogP contribution >= 0.6 is 0 Å². The van der Waals surface area contributed by atoms with E-state index >= 15 is 0 Å². The first-order valence-corrected chi connectivity index (χ1v) is 7.75. The second kappa shape index (κ2) is 7.11. The van der Waals surface area contributed by atoms with E-state index in [0.717, 1.165) is 6.54 Å². The Balaban J connectivity index is 1.74. The highest BCUT2D eigenvalue weighted by Crippen LogP contribution is 2.24. The molecule has 1 heterocycles. The lowest BCUT2D eigenvalue weighted by molar-refractivity contribution is -0.123. The number of ether oxygens (including phenoxy) is 1. The van der Waals surface area contributed by atoms with Crippen molar-refractivity contribution < 1.29 is 14.6 Å². The first-order chi connectivity index (χ1) is 10.4. The number of carbonyl (C=O) groups is 1. The summed E-state index contributed by atoms with van der Waals surface area (Å²) >= 11 is 0. The van der Waals surface area contributed by atoms with Crippen LogP contribution in [-0.4, -0.2) is 43.4 Å². The molecule has 0 aliphatic carbocycles. The van der Waals surface area contributed by atoms with Gasteiger partial charge in [0.15, 0.2) is 6.61 Å². The van der Waals surface area contributed by atoms with Crippen LogP contribution in [0.25, 0.3) is 0 Å². The molecule has 1 saturated heterocycles. The Morgan fingerprint density at radius 2 is 2.00 bits per heavy atom. The summed E-state index contributed by atoms with van der Waals surface area (Å²) in [6, 6.07) is 7.82. The SMILES string of the molecule is CC(C)(C)c1ccc(OCC(=O)NCC2CNCC2O)cc1. The topological polar surface area (TPSA) is 70.6 Å². The highest BCUT2D eigenvalue weighted by Gasteiger charge is 2.25. The van der Waals surface area contributed by atoms with Gasteiger partial charge in [-0.3, -0.25) is 4.79 Å². The number of hydrogen-bond acceptors (Lipinski definition) is 4. The molecule has 0 radical (unpaired) electrons. The van der Waals surface area contributed by atoms with Crippen molar-refractivity contribution in [3.8, 4) is 5.75 Å². The zero-order chi connectivity index (χ0) is 16.2. The maximum absolute atomic E-state index is 11.8. The predicted octanol–water partition coefficient (Wildman–Crippen LogP) is 1.06. The molecule has 1 aliphatic rings. The van der Waals surface area contributed by atoms with Crippen LogP contribution in [0.15, 0.2) is 24.3 Å². The van der Waals surface area contributed by atoms with Gasteiger partial charge >= 0.3 is 0 Å². The van der Waals surface area contributed by atoms with Gasteiger partial charge in [0.2, 0.25) is 0 Å². The lowest BCUT2D eigenvalue weighted by Gasteiger charge is -2.19. The zero-order valence-corrected chi connectivity index (χ0v) is 13.6. The standard InChI is InChI=1S/C17H26N2O3/c1-17(2,3)13-4-6-14(7-5-13)22-11-16(21)19-9-12-8-18-10-15(12)20/h4-7,12,15,18,20H,8-11H2,1-3H3,(H,19,21). The number of hydrogen-bond donors (Lipinski definition) is 3. The van der Waals surface area contributed by atoms with Crippen LogP contribution in [0.5, 0.6) is 5.75 Å². The molecule has 122 valence electrons. The van der Waals surface area contributed by atoms with Crippen LogP contribution in [0.3, 0.4) is 0 Å². The van der Waals surface area contributed by atoms with Crippen molar-refractivity contribution in [2.45, 2.75) is 32.3 Å². The predicted molar refractivity (Wildman–Crippen MR) is 86.0 cm³/mol. The van der Waals surface area contributed by atoms with Gasteiger partial charge in [0.25, 0.3) is 5.91 Å². The Bertz CT molecular complexity index is 494. The molecule has 1 aromatic carbocycles. The maximum Gasteiger partial charge on any atom is 0.257 e. The molecule has 1 aromatic rings. The summed E-state index contributed by atoms with van der Waals surface area (Å²) in [6.45, 7) is 8.26. The van der Waals surface area contributed by atoms with Crippen molar-refractivity contribution in [1.29, 1.82) is 0 Å². The minimum Gasteiger partial charge on any atom is -0.484 e. The number of carbonyl (C=O) groups excluding carboxylic acids is 1. The second-order valence-electron chi connectivity index (χ2n) is 6.85. The summed E-state index contributed by atoms with van der Waals surface area (Å²) in [4.78, 5) is 11.8. The summed E-state index contributed by atoms with van der Waals surface area (Å²) < 4.78 is 5.49. The summed E-state index contributed by atoms with van der Waals surface area (Å²) in [5.41, 5.74) is 1.33. The summed E-state index contributed by atoms with van der Waals surface area (Å²) in [6.07, 6.45) is -0.383. The Morgan fingerprint density at radius 3 is 2.55 bits per heavy atom. The Hall–Kier alpha value is -1.59. The third kappa shape index (κ3) is 4.71. The molecule has 5 heteroatoms. The fourth-order valence-corrected chi connectivity index (χ4v) is 2.42. The van der Waals surface area contributed by atoms with Gasteiger partial charge in [0.1, 0.15) is 5.75 Å². The fourth-order valence-electron chi connectivity index (χ4n) is 2.42. The number of benzene rings is 1. The Kier molecular flexibility index (Phi) is 5.42. The molecular formula is C17H26N2O3. The van der Waals surface area contributed by atoms with Gasteiger partial charge in [-0.15, -0.1) is 0 Å². The van der Waals surface area contributed by atoms with Crippen LogP contribution in [0.4, 0.5) is 0 Å². The first-order valence-electron chi connectivity index (χ1n) is 7.75. The average molecular weight is 306 g/mol. The van der Waals surface area contributed by atoms with Gasteiger partial charge in [0, 0.05) is 25.6 Å². The van der Waals surface area contributed by atoms with E-state index in [1.807, 2.05) is 24.3 Å². The molecule has 22 heavy (non-hydrogen) atoms. The normalized spacial score (nSPS) is 21.6. The van der Waals surface area contributed by atoms with Crippen molar-refractivity contribution >= 4 is 5.91 Å². The third-order valence-electron chi connectivity index (χ3n) is 3.96. The van der Waals surface area contributed by atoms with Crippen molar-refractivity contribution in [3.63, 3.8) is 0 Å². The number of rotatable bonds is 5. The lowest BCUT2D eigenvalue weighted by atomic mass is 9.87. The monoisotopic (exact) mass is 306 g/mol. The van der Waals surface area contributed by atoms with Gasteiger partial charge in [-0.25, -0.2) is 0 Å². The van der Waals surface area contributed by atoms with E-state index in [9.17, 15) is 9.90 Å². The zero-order valence-electron chi connectivity index (χ0n) is 13.6. The summed E-state index contributed by atoms with van der Waals surface area (Å²) in [5, 5.41) is 15.5. The van der Waals surface area contributed by atoms with Gasteiger partial charge in [-0.2, -0.15) is 0 Å². The minimum atomic E-state index is -0.383. The number of β-amino-alcohol motifs (C(OH)–C–C–N with tert-alkyl or cyclic N) is 1. The van der Waals surface area contributed by atoms with Gasteiger partial charge in [0.05, 0.1) is 6.10 Å². The van der Waals surface area contributed by atoms with Crippen molar-refractivity contribution in [3.05, 3.63) is 29.8 Å². The molecule has 0 spiro atoms. The molecule has 5 nitrogen and oxygen atoms in total. The van der Waals surface area contributed by atoms with Crippen molar-refractivity contribution in [2.24, 2.45) is 5.92 Å². The number of aliphatic hydroxyl groups is 1. The van der Waals surface area contributed by atoms with E-state index in [2.05, 4.69) is 31.4 Å². The Morgan fingerprint density at radius 1 is 1.32 bits per heavy atom. The first kappa shape index (κ1) is 16.8. The number of aliphatic hydroxyl groups excluding tert-OH is 1. The number of amides is 1. The van der Waals surface area contributed by atoms with Crippen molar-refractivity contribution in [2.75, 3.05) is 26.2 Å².